The van der Waals surface area contributed by atoms with Gasteiger partial charge in [0.1, 0.15) is 5.65 Å². The third-order valence-electron chi connectivity index (χ3n) is 7.93. The van der Waals surface area contributed by atoms with E-state index in [2.05, 4.69) is 10.3 Å². The molecular weight excluding hydrogens is 490 g/mol. The summed E-state index contributed by atoms with van der Waals surface area (Å²) < 4.78 is 34.3. The zero-order valence-corrected chi connectivity index (χ0v) is 20.7. The van der Waals surface area contributed by atoms with Gasteiger partial charge in [0.25, 0.3) is 5.91 Å². The fourth-order valence-corrected chi connectivity index (χ4v) is 6.12. The van der Waals surface area contributed by atoms with Crippen LogP contribution in [0.2, 0.25) is 0 Å². The number of halogens is 2. The molecular formula is C28H26F2N6O2. The first-order valence-electron chi connectivity index (χ1n) is 13.0. The summed E-state index contributed by atoms with van der Waals surface area (Å²) in [6, 6.07) is 6.70. The molecule has 1 saturated heterocycles. The number of aromatic nitrogens is 3. The molecule has 0 unspecified atom stereocenters. The summed E-state index contributed by atoms with van der Waals surface area (Å²) in [5.41, 5.74) is 3.87. The Hall–Kier alpha value is -4.21. The van der Waals surface area contributed by atoms with Crippen molar-refractivity contribution in [2.45, 2.75) is 32.4 Å². The van der Waals surface area contributed by atoms with Crippen molar-refractivity contribution in [2.75, 3.05) is 26.2 Å². The van der Waals surface area contributed by atoms with Crippen LogP contribution in [0.1, 0.15) is 36.1 Å². The van der Waals surface area contributed by atoms with Crippen molar-refractivity contribution in [3.05, 3.63) is 71.3 Å². The molecule has 7 rings (SSSR count). The summed E-state index contributed by atoms with van der Waals surface area (Å²) in [7, 11) is 0. The molecule has 3 aromatic heterocycles. The highest BCUT2D eigenvalue weighted by Gasteiger charge is 2.33. The lowest BCUT2D eigenvalue weighted by Gasteiger charge is -2.32. The Bertz CT molecular complexity index is 1660. The monoisotopic (exact) mass is 516 g/mol. The summed E-state index contributed by atoms with van der Waals surface area (Å²) in [4.78, 5) is 34.3. The molecule has 3 amide bonds. The van der Waals surface area contributed by atoms with E-state index >= 15 is 8.78 Å². The summed E-state index contributed by atoms with van der Waals surface area (Å²) in [5.74, 6) is -2.19. The second kappa shape index (κ2) is 8.68. The zero-order chi connectivity index (χ0) is 26.0. The zero-order valence-electron chi connectivity index (χ0n) is 20.7. The van der Waals surface area contributed by atoms with Crippen molar-refractivity contribution >= 4 is 39.6 Å². The number of fused-ring (bicyclic) bond motifs is 1. The lowest BCUT2D eigenvalue weighted by atomic mass is 9.98. The highest BCUT2D eigenvalue weighted by Crippen LogP contribution is 2.39. The summed E-state index contributed by atoms with van der Waals surface area (Å²) >= 11 is 0. The minimum atomic E-state index is -0.965. The number of hydrogen-bond donors (Lipinski definition) is 1. The van der Waals surface area contributed by atoms with E-state index in [-0.39, 0.29) is 30.4 Å². The standard InChI is InChI=1S/C28H26F2N6O2/c29-20-12-17-15-35(28(38)33-7-3-1-4-8-33)11-10-34-16-19(24(25(20)30)26(17)34)18-13-32-27(37)23(18)21-14-31-22-6-2-5-9-36(21)22/h2,5-6,9,12,14,16H,1,3-4,7-8,10-11,13,15H2,(H,32,37). The highest BCUT2D eigenvalue weighted by molar-refractivity contribution is 6.31. The third kappa shape index (κ3) is 3.43. The van der Waals surface area contributed by atoms with Gasteiger partial charge in [0, 0.05) is 62.6 Å². The van der Waals surface area contributed by atoms with Crippen molar-refractivity contribution in [3.63, 3.8) is 0 Å². The average Bonchev–Trinajstić information content (AvgIpc) is 3.61. The minimum Gasteiger partial charge on any atom is -0.348 e. The maximum atomic E-state index is 15.5. The van der Waals surface area contributed by atoms with Gasteiger partial charge < -0.3 is 19.7 Å². The second-order valence-corrected chi connectivity index (χ2v) is 10.2. The molecule has 0 bridgehead atoms. The van der Waals surface area contributed by atoms with Gasteiger partial charge in [0.2, 0.25) is 0 Å². The Morgan fingerprint density at radius 3 is 2.71 bits per heavy atom. The number of nitrogens with one attached hydrogen (secondary N) is 1. The average molecular weight is 517 g/mol. The molecule has 0 radical (unpaired) electrons. The quantitative estimate of drug-likeness (QED) is 0.437. The van der Waals surface area contributed by atoms with Crippen LogP contribution >= 0.6 is 0 Å². The maximum absolute atomic E-state index is 15.5. The molecule has 6 heterocycles. The smallest absolute Gasteiger partial charge is 0.320 e. The Balaban J connectivity index is 1.37. The fraction of sp³-hybridized carbons (Fsp3) is 0.321. The normalized spacial score (nSPS) is 18.0. The molecule has 0 saturated carbocycles. The maximum Gasteiger partial charge on any atom is 0.320 e. The first kappa shape index (κ1) is 22.9. The largest absolute Gasteiger partial charge is 0.348 e. The number of hydrogen-bond acceptors (Lipinski definition) is 3. The number of pyridine rings is 1. The van der Waals surface area contributed by atoms with E-state index in [1.807, 2.05) is 38.3 Å². The van der Waals surface area contributed by atoms with Crippen LogP contribution in [0.3, 0.4) is 0 Å². The number of imidazole rings is 1. The van der Waals surface area contributed by atoms with E-state index in [1.54, 1.807) is 17.3 Å². The topological polar surface area (TPSA) is 74.9 Å². The van der Waals surface area contributed by atoms with Crippen molar-refractivity contribution in [3.8, 4) is 0 Å². The van der Waals surface area contributed by atoms with Crippen LogP contribution in [-0.2, 0) is 17.9 Å². The van der Waals surface area contributed by atoms with Gasteiger partial charge in [-0.05, 0) is 48.6 Å². The molecule has 1 N–H and O–H groups in total. The molecule has 1 fully saturated rings. The summed E-state index contributed by atoms with van der Waals surface area (Å²) in [6.07, 6.45) is 8.33. The molecule has 194 valence electrons. The lowest BCUT2D eigenvalue weighted by Crippen LogP contribution is -2.45. The Labute approximate surface area is 217 Å². The number of nitrogens with zero attached hydrogens (tertiary/aromatic N) is 5. The van der Waals surface area contributed by atoms with Gasteiger partial charge in [0.05, 0.1) is 23.0 Å². The molecule has 3 aliphatic rings. The minimum absolute atomic E-state index is 0.0586. The van der Waals surface area contributed by atoms with Crippen LogP contribution in [0.15, 0.2) is 42.9 Å². The van der Waals surface area contributed by atoms with E-state index < -0.39 is 11.6 Å². The van der Waals surface area contributed by atoms with Crippen LogP contribution in [0.4, 0.5) is 13.6 Å². The van der Waals surface area contributed by atoms with Crippen molar-refractivity contribution < 1.29 is 18.4 Å². The van der Waals surface area contributed by atoms with Crippen molar-refractivity contribution in [1.82, 2.24) is 29.1 Å². The highest BCUT2D eigenvalue weighted by atomic mass is 19.2. The van der Waals surface area contributed by atoms with Gasteiger partial charge in [-0.15, -0.1) is 0 Å². The van der Waals surface area contributed by atoms with Crippen LogP contribution < -0.4 is 5.32 Å². The van der Waals surface area contributed by atoms with Gasteiger partial charge in [0.15, 0.2) is 11.6 Å². The number of carbonyl (C=O) groups is 2. The van der Waals surface area contributed by atoms with Crippen molar-refractivity contribution in [1.29, 1.82) is 0 Å². The summed E-state index contributed by atoms with van der Waals surface area (Å²) in [6.45, 7) is 2.70. The van der Waals surface area contributed by atoms with E-state index in [9.17, 15) is 9.59 Å². The second-order valence-electron chi connectivity index (χ2n) is 10.2. The molecule has 1 aromatic carbocycles. The van der Waals surface area contributed by atoms with E-state index in [0.29, 0.717) is 52.2 Å². The SMILES string of the molecule is O=C1NCC(c2cn3c4c(cc(F)c(F)c24)CN(C(=O)N2CCCCC2)CC3)=C1c1cnc2ccccn12. The number of urea groups is 1. The Morgan fingerprint density at radius 1 is 1.03 bits per heavy atom. The number of likely N-dealkylation sites (tertiary alicyclic amines) is 1. The molecule has 4 aromatic rings. The molecule has 10 heteroatoms. The molecule has 0 aliphatic carbocycles. The molecule has 38 heavy (non-hydrogen) atoms. The van der Waals surface area contributed by atoms with Crippen LogP contribution in [0.25, 0.3) is 27.7 Å². The van der Waals surface area contributed by atoms with Gasteiger partial charge in [-0.25, -0.2) is 18.6 Å². The van der Waals surface area contributed by atoms with Crippen LogP contribution in [0, 0.1) is 11.6 Å². The first-order chi connectivity index (χ1) is 18.5. The number of amides is 3. The van der Waals surface area contributed by atoms with Crippen LogP contribution in [-0.4, -0.2) is 61.9 Å². The van der Waals surface area contributed by atoms with E-state index in [4.69, 9.17) is 0 Å². The first-order valence-corrected chi connectivity index (χ1v) is 13.0. The third-order valence-corrected chi connectivity index (χ3v) is 7.93. The van der Waals surface area contributed by atoms with Gasteiger partial charge in [-0.2, -0.15) is 0 Å². The fourth-order valence-electron chi connectivity index (χ4n) is 6.12. The Morgan fingerprint density at radius 2 is 1.87 bits per heavy atom. The number of benzene rings is 1. The number of piperidine rings is 1. The van der Waals surface area contributed by atoms with Crippen LogP contribution in [0.5, 0.6) is 0 Å². The predicted molar refractivity (Wildman–Crippen MR) is 138 cm³/mol. The van der Waals surface area contributed by atoms with Gasteiger partial charge in [-0.3, -0.25) is 9.20 Å². The molecule has 0 atom stereocenters. The van der Waals surface area contributed by atoms with Gasteiger partial charge >= 0.3 is 6.03 Å². The number of rotatable bonds is 2. The predicted octanol–water partition coefficient (Wildman–Crippen LogP) is 4.03. The lowest BCUT2D eigenvalue weighted by molar-refractivity contribution is -0.114. The van der Waals surface area contributed by atoms with Gasteiger partial charge in [-0.1, -0.05) is 6.07 Å². The van der Waals surface area contributed by atoms with Crippen molar-refractivity contribution in [2.24, 2.45) is 0 Å². The summed E-state index contributed by atoms with van der Waals surface area (Å²) in [5, 5.41) is 3.00. The Kier molecular flexibility index (Phi) is 5.24. The van der Waals surface area contributed by atoms with E-state index in [1.165, 1.54) is 6.07 Å². The molecule has 3 aliphatic heterocycles. The number of carbonyl (C=O) groups excluding carboxylic acids is 2. The molecule has 0 spiro atoms. The molecule has 8 nitrogen and oxygen atoms in total. The van der Waals surface area contributed by atoms with E-state index in [0.717, 1.165) is 32.4 Å².